The minimum absolute atomic E-state index is 0.0619. The largest absolute Gasteiger partial charge is 0.344 e. The van der Waals surface area contributed by atoms with Crippen molar-refractivity contribution in [2.75, 3.05) is 7.05 Å². The highest BCUT2D eigenvalue weighted by molar-refractivity contribution is 7.07. The highest BCUT2D eigenvalue weighted by Gasteiger charge is 2.15. The molecule has 0 unspecified atom stereocenters. The first-order valence-corrected chi connectivity index (χ1v) is 6.42. The van der Waals surface area contributed by atoms with Crippen LogP contribution in [0.5, 0.6) is 0 Å². The monoisotopic (exact) mass is 248 g/mol. The van der Waals surface area contributed by atoms with E-state index in [0.29, 0.717) is 6.54 Å². The van der Waals surface area contributed by atoms with Gasteiger partial charge in [-0.15, -0.1) is 0 Å². The van der Waals surface area contributed by atoms with Gasteiger partial charge in [0, 0.05) is 26.3 Å². The van der Waals surface area contributed by atoms with Crippen molar-refractivity contribution in [2.24, 2.45) is 7.05 Å². The van der Waals surface area contributed by atoms with Gasteiger partial charge in [0.15, 0.2) is 0 Å². The first-order valence-electron chi connectivity index (χ1n) is 5.48. The molecule has 0 N–H and O–H groups in total. The van der Waals surface area contributed by atoms with E-state index < -0.39 is 0 Å². The maximum Gasteiger partial charge on any atom is 0.270 e. The third kappa shape index (κ3) is 2.42. The van der Waals surface area contributed by atoms with Crippen LogP contribution in [0.1, 0.15) is 21.7 Å². The lowest BCUT2D eigenvalue weighted by atomic mass is 10.3. The van der Waals surface area contributed by atoms with Crippen molar-refractivity contribution < 1.29 is 4.79 Å². The highest BCUT2D eigenvalue weighted by Crippen LogP contribution is 2.12. The van der Waals surface area contributed by atoms with E-state index in [0.717, 1.165) is 11.4 Å². The average Bonchev–Trinajstić information content (AvgIpc) is 2.90. The van der Waals surface area contributed by atoms with Gasteiger partial charge < -0.3 is 9.47 Å². The second-order valence-corrected chi connectivity index (χ2v) is 4.99. The van der Waals surface area contributed by atoms with Gasteiger partial charge in [-0.1, -0.05) is 0 Å². The highest BCUT2D eigenvalue weighted by atomic mass is 32.1. The van der Waals surface area contributed by atoms with Gasteiger partial charge in [0.25, 0.3) is 5.91 Å². The first kappa shape index (κ1) is 11.9. The van der Waals surface area contributed by atoms with E-state index in [9.17, 15) is 4.79 Å². The van der Waals surface area contributed by atoms with Crippen molar-refractivity contribution >= 4 is 17.2 Å². The topological polar surface area (TPSA) is 25.2 Å². The fourth-order valence-corrected chi connectivity index (χ4v) is 2.41. The Morgan fingerprint density at radius 1 is 1.41 bits per heavy atom. The van der Waals surface area contributed by atoms with Crippen molar-refractivity contribution in [1.29, 1.82) is 0 Å². The van der Waals surface area contributed by atoms with Crippen LogP contribution in [0.15, 0.2) is 29.0 Å². The number of aryl methyl sites for hydroxylation is 1. The molecule has 0 aromatic carbocycles. The lowest BCUT2D eigenvalue weighted by molar-refractivity contribution is 0.0775. The van der Waals surface area contributed by atoms with Crippen LogP contribution in [0.3, 0.4) is 0 Å². The molecule has 2 rings (SSSR count). The number of nitrogens with zero attached hydrogens (tertiary/aromatic N) is 2. The van der Waals surface area contributed by atoms with Gasteiger partial charge >= 0.3 is 0 Å². The van der Waals surface area contributed by atoms with E-state index in [1.807, 2.05) is 49.2 Å². The molecule has 0 radical (unpaired) electrons. The van der Waals surface area contributed by atoms with Crippen LogP contribution >= 0.6 is 11.3 Å². The van der Waals surface area contributed by atoms with Crippen LogP contribution in [-0.4, -0.2) is 22.4 Å². The van der Waals surface area contributed by atoms with Crippen molar-refractivity contribution in [3.63, 3.8) is 0 Å². The number of hydrogen-bond acceptors (Lipinski definition) is 2. The molecule has 0 aliphatic carbocycles. The van der Waals surface area contributed by atoms with Crippen LogP contribution in [0.25, 0.3) is 0 Å². The Balaban J connectivity index is 2.12. The fourth-order valence-electron chi connectivity index (χ4n) is 1.75. The van der Waals surface area contributed by atoms with Gasteiger partial charge in [0.2, 0.25) is 0 Å². The second-order valence-electron chi connectivity index (χ2n) is 4.21. The number of rotatable bonds is 3. The number of aromatic nitrogens is 1. The molecule has 1 amide bonds. The van der Waals surface area contributed by atoms with E-state index in [2.05, 4.69) is 5.38 Å². The molecule has 0 bridgehead atoms. The van der Waals surface area contributed by atoms with Crippen LogP contribution < -0.4 is 0 Å². The summed E-state index contributed by atoms with van der Waals surface area (Å²) in [6.07, 6.45) is 0. The molecule has 0 atom stereocenters. The van der Waals surface area contributed by atoms with Gasteiger partial charge in [0.1, 0.15) is 5.69 Å². The Morgan fingerprint density at radius 2 is 2.18 bits per heavy atom. The standard InChI is InChI=1S/C13H16N2OS/c1-10-4-5-12(15(10)3)13(16)14(2)8-11-6-7-17-9-11/h4-7,9H,8H2,1-3H3. The first-order chi connectivity index (χ1) is 8.09. The maximum atomic E-state index is 12.2. The van der Waals surface area contributed by atoms with Crippen LogP contribution in [0, 0.1) is 6.92 Å². The zero-order valence-corrected chi connectivity index (χ0v) is 11.1. The van der Waals surface area contributed by atoms with Crippen LogP contribution in [-0.2, 0) is 13.6 Å². The quantitative estimate of drug-likeness (QED) is 0.820. The molecule has 90 valence electrons. The summed E-state index contributed by atoms with van der Waals surface area (Å²) in [6.45, 7) is 2.65. The van der Waals surface area contributed by atoms with E-state index in [4.69, 9.17) is 0 Å². The van der Waals surface area contributed by atoms with Gasteiger partial charge in [-0.05, 0) is 41.4 Å². The van der Waals surface area contributed by atoms with Crippen LogP contribution in [0.2, 0.25) is 0 Å². The number of thiophene rings is 1. The molecule has 2 aromatic rings. The lowest BCUT2D eigenvalue weighted by Gasteiger charge is -2.17. The Morgan fingerprint density at radius 3 is 2.71 bits per heavy atom. The maximum absolute atomic E-state index is 12.2. The molecule has 2 heterocycles. The Bertz CT molecular complexity index is 514. The molecule has 3 nitrogen and oxygen atoms in total. The fraction of sp³-hybridized carbons (Fsp3) is 0.308. The SMILES string of the molecule is Cc1ccc(C(=O)N(C)Cc2ccsc2)n1C. The predicted molar refractivity (Wildman–Crippen MR) is 70.3 cm³/mol. The molecule has 0 spiro atoms. The summed E-state index contributed by atoms with van der Waals surface area (Å²) in [5, 5.41) is 4.10. The number of carbonyl (C=O) groups is 1. The summed E-state index contributed by atoms with van der Waals surface area (Å²) in [5.74, 6) is 0.0619. The van der Waals surface area contributed by atoms with Gasteiger partial charge in [-0.25, -0.2) is 0 Å². The molecular formula is C13H16N2OS. The van der Waals surface area contributed by atoms with Crippen molar-refractivity contribution in [3.8, 4) is 0 Å². The van der Waals surface area contributed by atoms with Gasteiger partial charge in [-0.2, -0.15) is 11.3 Å². The van der Waals surface area contributed by atoms with E-state index in [1.165, 1.54) is 5.56 Å². The minimum atomic E-state index is 0.0619. The molecule has 0 saturated carbocycles. The van der Waals surface area contributed by atoms with Crippen molar-refractivity contribution in [2.45, 2.75) is 13.5 Å². The third-order valence-corrected chi connectivity index (χ3v) is 3.67. The van der Waals surface area contributed by atoms with E-state index in [-0.39, 0.29) is 5.91 Å². The predicted octanol–water partition coefficient (Wildman–Crippen LogP) is 2.67. The summed E-state index contributed by atoms with van der Waals surface area (Å²) < 4.78 is 1.92. The number of carbonyl (C=O) groups excluding carboxylic acids is 1. The van der Waals surface area contributed by atoms with E-state index >= 15 is 0 Å². The number of hydrogen-bond donors (Lipinski definition) is 0. The Hall–Kier alpha value is -1.55. The number of amides is 1. The zero-order valence-electron chi connectivity index (χ0n) is 10.3. The van der Waals surface area contributed by atoms with Crippen molar-refractivity contribution in [3.05, 3.63) is 45.9 Å². The Kier molecular flexibility index (Phi) is 3.33. The zero-order chi connectivity index (χ0) is 12.4. The molecule has 4 heteroatoms. The summed E-state index contributed by atoms with van der Waals surface area (Å²) in [6, 6.07) is 5.89. The minimum Gasteiger partial charge on any atom is -0.344 e. The molecule has 2 aromatic heterocycles. The van der Waals surface area contributed by atoms with E-state index in [1.54, 1.807) is 16.2 Å². The molecule has 0 aliphatic rings. The summed E-state index contributed by atoms with van der Waals surface area (Å²) >= 11 is 1.65. The van der Waals surface area contributed by atoms with Gasteiger partial charge in [-0.3, -0.25) is 4.79 Å². The molecule has 17 heavy (non-hydrogen) atoms. The smallest absolute Gasteiger partial charge is 0.270 e. The van der Waals surface area contributed by atoms with Crippen molar-refractivity contribution in [1.82, 2.24) is 9.47 Å². The molecule has 0 fully saturated rings. The summed E-state index contributed by atoms with van der Waals surface area (Å²) in [4.78, 5) is 14.0. The Labute approximate surface area is 105 Å². The van der Waals surface area contributed by atoms with Gasteiger partial charge in [0.05, 0.1) is 0 Å². The molecule has 0 saturated heterocycles. The lowest BCUT2D eigenvalue weighted by Crippen LogP contribution is -2.27. The second kappa shape index (κ2) is 4.75. The third-order valence-electron chi connectivity index (χ3n) is 2.94. The summed E-state index contributed by atoms with van der Waals surface area (Å²) in [7, 11) is 3.75. The average molecular weight is 248 g/mol. The molecule has 0 aliphatic heterocycles. The molecular weight excluding hydrogens is 232 g/mol. The van der Waals surface area contributed by atoms with Crippen LogP contribution in [0.4, 0.5) is 0 Å². The summed E-state index contributed by atoms with van der Waals surface area (Å²) in [5.41, 5.74) is 3.01. The normalized spacial score (nSPS) is 10.5.